The van der Waals surface area contributed by atoms with Crippen LogP contribution in [0, 0.1) is 0 Å². The van der Waals surface area contributed by atoms with Crippen LogP contribution in [0.5, 0.6) is 0 Å². The van der Waals surface area contributed by atoms with Gasteiger partial charge in [0.15, 0.2) is 5.16 Å². The molecule has 0 aliphatic heterocycles. The molecule has 1 unspecified atom stereocenters. The molecule has 0 aliphatic rings. The summed E-state index contributed by atoms with van der Waals surface area (Å²) in [4.78, 5) is 19.9. The van der Waals surface area contributed by atoms with E-state index in [0.717, 1.165) is 16.4 Å². The van der Waals surface area contributed by atoms with Gasteiger partial charge < -0.3 is 9.88 Å². The number of aromatic nitrogens is 5. The molecule has 8 heteroatoms. The zero-order valence-corrected chi connectivity index (χ0v) is 14.1. The van der Waals surface area contributed by atoms with E-state index >= 15 is 0 Å². The van der Waals surface area contributed by atoms with Gasteiger partial charge in [-0.25, -0.2) is 9.97 Å². The van der Waals surface area contributed by atoms with Crippen LogP contribution in [0.2, 0.25) is 0 Å². The van der Waals surface area contributed by atoms with Crippen molar-refractivity contribution in [2.75, 3.05) is 5.32 Å². The third kappa shape index (κ3) is 3.77. The zero-order chi connectivity index (χ0) is 16.9. The van der Waals surface area contributed by atoms with Gasteiger partial charge in [-0.05, 0) is 30.7 Å². The number of aryl methyl sites for hydroxylation is 1. The molecule has 1 N–H and O–H groups in total. The van der Waals surface area contributed by atoms with Gasteiger partial charge in [-0.2, -0.15) is 0 Å². The molecule has 2 heterocycles. The topological polar surface area (TPSA) is 85.6 Å². The van der Waals surface area contributed by atoms with Crippen LogP contribution >= 0.6 is 11.8 Å². The molecule has 0 saturated carbocycles. The molecular weight excluding hydrogens is 324 g/mol. The minimum absolute atomic E-state index is 0.170. The van der Waals surface area contributed by atoms with Gasteiger partial charge in [0.25, 0.3) is 5.91 Å². The van der Waals surface area contributed by atoms with E-state index in [1.54, 1.807) is 24.2 Å². The number of rotatable bonds is 5. The molecule has 24 heavy (non-hydrogen) atoms. The highest BCUT2D eigenvalue weighted by Crippen LogP contribution is 2.34. The van der Waals surface area contributed by atoms with Crippen LogP contribution in [-0.2, 0) is 7.05 Å². The normalized spacial score (nSPS) is 11.9. The van der Waals surface area contributed by atoms with E-state index in [0.29, 0.717) is 5.69 Å². The molecule has 0 saturated heterocycles. The Balaban J connectivity index is 1.72. The zero-order valence-electron chi connectivity index (χ0n) is 13.2. The Labute approximate surface area is 143 Å². The molecule has 7 nitrogen and oxygen atoms in total. The minimum atomic E-state index is -0.261. The summed E-state index contributed by atoms with van der Waals surface area (Å²) in [6.07, 6.45) is 4.57. The molecule has 0 bridgehead atoms. The van der Waals surface area contributed by atoms with Crippen molar-refractivity contribution >= 4 is 23.4 Å². The number of carbonyl (C=O) groups is 1. The molecule has 1 amide bonds. The van der Waals surface area contributed by atoms with Crippen molar-refractivity contribution in [2.24, 2.45) is 7.05 Å². The maximum absolute atomic E-state index is 12.2. The first-order chi connectivity index (χ1) is 11.6. The van der Waals surface area contributed by atoms with Crippen molar-refractivity contribution in [3.63, 3.8) is 0 Å². The maximum Gasteiger partial charge on any atom is 0.274 e. The predicted molar refractivity (Wildman–Crippen MR) is 91.7 cm³/mol. The number of amides is 1. The van der Waals surface area contributed by atoms with Crippen molar-refractivity contribution in [3.8, 4) is 0 Å². The highest BCUT2D eigenvalue weighted by Gasteiger charge is 2.13. The molecule has 1 atom stereocenters. The number of nitrogens with one attached hydrogen (secondary N) is 1. The lowest BCUT2D eigenvalue weighted by Crippen LogP contribution is -2.13. The van der Waals surface area contributed by atoms with Crippen molar-refractivity contribution < 1.29 is 4.79 Å². The Morgan fingerprint density at radius 3 is 2.92 bits per heavy atom. The van der Waals surface area contributed by atoms with E-state index in [1.165, 1.54) is 12.5 Å². The Morgan fingerprint density at radius 2 is 2.21 bits per heavy atom. The number of thioether (sulfide) groups is 1. The fourth-order valence-electron chi connectivity index (χ4n) is 2.09. The van der Waals surface area contributed by atoms with Gasteiger partial charge in [0, 0.05) is 24.2 Å². The van der Waals surface area contributed by atoms with E-state index in [9.17, 15) is 4.79 Å². The van der Waals surface area contributed by atoms with Crippen LogP contribution in [0.15, 0.2) is 54.3 Å². The third-order valence-corrected chi connectivity index (χ3v) is 4.59. The highest BCUT2D eigenvalue weighted by atomic mass is 32.2. The van der Waals surface area contributed by atoms with Gasteiger partial charge in [-0.1, -0.05) is 23.9 Å². The monoisotopic (exact) mass is 340 g/mol. The molecule has 3 rings (SSSR count). The second kappa shape index (κ2) is 7.22. The number of nitrogens with zero attached hydrogens (tertiary/aromatic N) is 5. The quantitative estimate of drug-likeness (QED) is 0.719. The summed E-state index contributed by atoms with van der Waals surface area (Å²) in [5.74, 6) is -0.261. The molecule has 0 fully saturated rings. The minimum Gasteiger partial charge on any atom is -0.321 e. The number of hydrogen-bond donors (Lipinski definition) is 1. The highest BCUT2D eigenvalue weighted by molar-refractivity contribution is 7.99. The van der Waals surface area contributed by atoms with Crippen LogP contribution in [0.25, 0.3) is 0 Å². The van der Waals surface area contributed by atoms with E-state index in [-0.39, 0.29) is 11.2 Å². The summed E-state index contributed by atoms with van der Waals surface area (Å²) in [5.41, 5.74) is 2.14. The standard InChI is InChI=1S/C16H16N6OS/c1-11(24-16-21-19-10-22(16)2)12-4-3-5-13(8-12)20-15(23)14-6-7-17-9-18-14/h3-11H,1-2H3,(H,20,23). The predicted octanol–water partition coefficient (Wildman–Crippen LogP) is 2.71. The molecular formula is C16H16N6OS. The van der Waals surface area contributed by atoms with Crippen LogP contribution in [0.1, 0.15) is 28.2 Å². The van der Waals surface area contributed by atoms with E-state index in [4.69, 9.17) is 0 Å². The summed E-state index contributed by atoms with van der Waals surface area (Å²) >= 11 is 1.61. The molecule has 122 valence electrons. The fraction of sp³-hybridized carbons (Fsp3) is 0.188. The van der Waals surface area contributed by atoms with Gasteiger partial charge in [0.05, 0.1) is 0 Å². The summed E-state index contributed by atoms with van der Waals surface area (Å²) in [7, 11) is 1.91. The average Bonchev–Trinajstić information content (AvgIpc) is 3.00. The molecule has 0 aliphatic carbocycles. The number of anilines is 1. The van der Waals surface area contributed by atoms with Crippen molar-refractivity contribution in [2.45, 2.75) is 17.3 Å². The lowest BCUT2D eigenvalue weighted by Gasteiger charge is -2.12. The first kappa shape index (κ1) is 16.1. The van der Waals surface area contributed by atoms with Crippen molar-refractivity contribution in [3.05, 3.63) is 60.4 Å². The van der Waals surface area contributed by atoms with E-state index in [2.05, 4.69) is 32.4 Å². The Kier molecular flexibility index (Phi) is 4.85. The van der Waals surface area contributed by atoms with Gasteiger partial charge in [-0.3, -0.25) is 4.79 Å². The largest absolute Gasteiger partial charge is 0.321 e. The van der Waals surface area contributed by atoms with Gasteiger partial charge in [0.2, 0.25) is 0 Å². The van der Waals surface area contributed by atoms with Gasteiger partial charge in [-0.15, -0.1) is 10.2 Å². The lowest BCUT2D eigenvalue weighted by atomic mass is 10.1. The summed E-state index contributed by atoms with van der Waals surface area (Å²) in [6.45, 7) is 2.09. The number of benzene rings is 1. The third-order valence-electron chi connectivity index (χ3n) is 3.38. The molecule has 0 spiro atoms. The second-order valence-electron chi connectivity index (χ2n) is 5.16. The summed E-state index contributed by atoms with van der Waals surface area (Å²) in [6, 6.07) is 9.31. The Morgan fingerprint density at radius 1 is 1.33 bits per heavy atom. The Hall–Kier alpha value is -2.74. The van der Waals surface area contributed by atoms with E-state index < -0.39 is 0 Å². The van der Waals surface area contributed by atoms with Crippen LogP contribution in [0.3, 0.4) is 0 Å². The molecule has 0 radical (unpaired) electrons. The lowest BCUT2D eigenvalue weighted by molar-refractivity contribution is 0.102. The molecule has 1 aromatic carbocycles. The maximum atomic E-state index is 12.2. The fourth-order valence-corrected chi connectivity index (χ4v) is 3.00. The molecule has 3 aromatic rings. The number of carbonyl (C=O) groups excluding carboxylic acids is 1. The van der Waals surface area contributed by atoms with Crippen LogP contribution in [0.4, 0.5) is 5.69 Å². The van der Waals surface area contributed by atoms with Crippen molar-refractivity contribution in [1.82, 2.24) is 24.7 Å². The Bertz CT molecular complexity index is 835. The van der Waals surface area contributed by atoms with Crippen molar-refractivity contribution in [1.29, 1.82) is 0 Å². The first-order valence-electron chi connectivity index (χ1n) is 7.31. The van der Waals surface area contributed by atoms with Gasteiger partial charge >= 0.3 is 0 Å². The second-order valence-corrected chi connectivity index (χ2v) is 6.47. The SMILES string of the molecule is CC(Sc1nncn1C)c1cccc(NC(=O)c2ccncn2)c1. The summed E-state index contributed by atoms with van der Waals surface area (Å²) in [5, 5.41) is 11.8. The van der Waals surface area contributed by atoms with E-state index in [1.807, 2.05) is 35.9 Å². The van der Waals surface area contributed by atoms with Crippen LogP contribution < -0.4 is 5.32 Å². The van der Waals surface area contributed by atoms with Crippen LogP contribution in [-0.4, -0.2) is 30.6 Å². The first-order valence-corrected chi connectivity index (χ1v) is 8.19. The average molecular weight is 340 g/mol. The molecule has 2 aromatic heterocycles. The smallest absolute Gasteiger partial charge is 0.274 e. The summed E-state index contributed by atoms with van der Waals surface area (Å²) < 4.78 is 1.88. The number of hydrogen-bond acceptors (Lipinski definition) is 6. The van der Waals surface area contributed by atoms with Gasteiger partial charge in [0.1, 0.15) is 18.3 Å².